The average molecular weight is 280 g/mol. The van der Waals surface area contributed by atoms with Gasteiger partial charge in [0, 0.05) is 0 Å². The number of benzene rings is 4. The van der Waals surface area contributed by atoms with Crippen molar-refractivity contribution in [1.82, 2.24) is 0 Å². The van der Waals surface area contributed by atoms with Gasteiger partial charge in [-0.3, -0.25) is 0 Å². The number of allylic oxidation sites excluding steroid dienone is 1. The second-order valence-corrected chi connectivity index (χ2v) is 6.09. The summed E-state index contributed by atoms with van der Waals surface area (Å²) in [4.78, 5) is 0. The maximum atomic E-state index is 2.30. The first-order chi connectivity index (χ1) is 10.9. The van der Waals surface area contributed by atoms with E-state index in [0.717, 1.165) is 12.8 Å². The van der Waals surface area contributed by atoms with Crippen LogP contribution < -0.4 is 0 Å². The largest absolute Gasteiger partial charge is 0.0836 e. The molecule has 0 bridgehead atoms. The predicted molar refractivity (Wildman–Crippen MR) is 96.3 cm³/mol. The molecule has 0 atom stereocenters. The Kier molecular flexibility index (Phi) is 2.42. The number of rotatable bonds is 0. The molecule has 0 heterocycles. The summed E-state index contributed by atoms with van der Waals surface area (Å²) in [5.41, 5.74) is 2.90. The molecule has 0 unspecified atom stereocenters. The normalized spacial score (nSPS) is 13.8. The van der Waals surface area contributed by atoms with Gasteiger partial charge in [-0.05, 0) is 56.3 Å². The smallest absolute Gasteiger partial charge is 0.00608 e. The van der Waals surface area contributed by atoms with Crippen LogP contribution in [0.5, 0.6) is 0 Å². The average Bonchev–Trinajstić information content (AvgIpc) is 2.61. The van der Waals surface area contributed by atoms with Crippen LogP contribution in [0.25, 0.3) is 38.4 Å². The van der Waals surface area contributed by atoms with Crippen LogP contribution >= 0.6 is 0 Å². The number of aryl methyl sites for hydroxylation is 1. The molecule has 0 fully saturated rings. The van der Waals surface area contributed by atoms with Crippen molar-refractivity contribution in [2.45, 2.75) is 12.8 Å². The maximum Gasteiger partial charge on any atom is -0.00608 e. The van der Waals surface area contributed by atoms with Crippen molar-refractivity contribution in [3.63, 3.8) is 0 Å². The van der Waals surface area contributed by atoms with Crippen molar-refractivity contribution in [2.24, 2.45) is 0 Å². The van der Waals surface area contributed by atoms with Gasteiger partial charge in [0.1, 0.15) is 0 Å². The SMILES string of the molecule is C1=Cc2ccc3c4ccccc4c4ccccc4c3c2CC1. The van der Waals surface area contributed by atoms with Gasteiger partial charge in [-0.1, -0.05) is 72.8 Å². The summed E-state index contributed by atoms with van der Waals surface area (Å²) >= 11 is 0. The highest BCUT2D eigenvalue weighted by Crippen LogP contribution is 2.39. The molecule has 0 saturated carbocycles. The first kappa shape index (κ1) is 12.0. The highest BCUT2D eigenvalue weighted by Gasteiger charge is 2.14. The molecular weight excluding hydrogens is 264 g/mol. The van der Waals surface area contributed by atoms with Crippen molar-refractivity contribution in [1.29, 1.82) is 0 Å². The van der Waals surface area contributed by atoms with Gasteiger partial charge >= 0.3 is 0 Å². The lowest BCUT2D eigenvalue weighted by molar-refractivity contribution is 0.998. The predicted octanol–water partition coefficient (Wildman–Crippen LogP) is 6.11. The van der Waals surface area contributed by atoms with Crippen LogP contribution in [0.1, 0.15) is 17.5 Å². The number of hydrogen-bond acceptors (Lipinski definition) is 0. The molecule has 4 aromatic carbocycles. The topological polar surface area (TPSA) is 0 Å². The fourth-order valence-electron chi connectivity index (χ4n) is 3.95. The Morgan fingerprint density at radius 2 is 1.18 bits per heavy atom. The van der Waals surface area contributed by atoms with Crippen LogP contribution in [-0.4, -0.2) is 0 Å². The standard InChI is InChI=1S/C22H16/c1-2-8-16-15(7-1)13-14-21-19-11-4-3-9-17(19)18-10-5-6-12-20(18)22(16)21/h1,3-7,9-14H,2,8H2. The fourth-order valence-corrected chi connectivity index (χ4v) is 3.95. The lowest BCUT2D eigenvalue weighted by Gasteiger charge is -2.17. The molecule has 1 aliphatic carbocycles. The minimum atomic E-state index is 1.14. The summed E-state index contributed by atoms with van der Waals surface area (Å²) in [6.45, 7) is 0. The zero-order valence-electron chi connectivity index (χ0n) is 12.3. The van der Waals surface area contributed by atoms with Crippen LogP contribution in [0, 0.1) is 0 Å². The van der Waals surface area contributed by atoms with Gasteiger partial charge in [-0.15, -0.1) is 0 Å². The van der Waals surface area contributed by atoms with Crippen LogP contribution in [-0.2, 0) is 6.42 Å². The molecule has 4 aromatic rings. The van der Waals surface area contributed by atoms with Gasteiger partial charge in [0.2, 0.25) is 0 Å². The van der Waals surface area contributed by atoms with E-state index in [1.165, 1.54) is 43.4 Å². The minimum absolute atomic E-state index is 1.14. The first-order valence-corrected chi connectivity index (χ1v) is 7.95. The van der Waals surface area contributed by atoms with Crippen LogP contribution in [0.15, 0.2) is 66.7 Å². The monoisotopic (exact) mass is 280 g/mol. The van der Waals surface area contributed by atoms with Crippen molar-refractivity contribution in [2.75, 3.05) is 0 Å². The maximum absolute atomic E-state index is 2.30. The van der Waals surface area contributed by atoms with Gasteiger partial charge < -0.3 is 0 Å². The Morgan fingerprint density at radius 1 is 0.591 bits per heavy atom. The van der Waals surface area contributed by atoms with E-state index in [1.54, 1.807) is 0 Å². The summed E-state index contributed by atoms with van der Waals surface area (Å²) in [6, 6.07) is 22.2. The van der Waals surface area contributed by atoms with Gasteiger partial charge in [0.15, 0.2) is 0 Å². The highest BCUT2D eigenvalue weighted by atomic mass is 14.2. The molecular formula is C22H16. The number of fused-ring (bicyclic) bond motifs is 8. The van der Waals surface area contributed by atoms with E-state index in [0.29, 0.717) is 0 Å². The van der Waals surface area contributed by atoms with E-state index in [2.05, 4.69) is 72.8 Å². The third-order valence-corrected chi connectivity index (χ3v) is 4.91. The molecule has 0 spiro atoms. The lowest BCUT2D eigenvalue weighted by Crippen LogP contribution is -1.96. The Labute approximate surface area is 129 Å². The summed E-state index contributed by atoms with van der Waals surface area (Å²) in [6.07, 6.45) is 6.86. The van der Waals surface area contributed by atoms with Crippen LogP contribution in [0.3, 0.4) is 0 Å². The van der Waals surface area contributed by atoms with Crippen LogP contribution in [0.4, 0.5) is 0 Å². The molecule has 0 N–H and O–H groups in total. The van der Waals surface area contributed by atoms with Crippen LogP contribution in [0.2, 0.25) is 0 Å². The van der Waals surface area contributed by atoms with E-state index in [4.69, 9.17) is 0 Å². The molecule has 1 aliphatic rings. The molecule has 0 radical (unpaired) electrons. The van der Waals surface area contributed by atoms with Gasteiger partial charge in [0.05, 0.1) is 0 Å². The lowest BCUT2D eigenvalue weighted by atomic mass is 9.86. The molecule has 0 saturated heterocycles. The third kappa shape index (κ3) is 1.52. The summed E-state index contributed by atoms with van der Waals surface area (Å²) < 4.78 is 0. The van der Waals surface area contributed by atoms with E-state index in [9.17, 15) is 0 Å². The van der Waals surface area contributed by atoms with E-state index >= 15 is 0 Å². The Morgan fingerprint density at radius 3 is 1.91 bits per heavy atom. The molecule has 0 amide bonds. The second kappa shape index (κ2) is 4.45. The van der Waals surface area contributed by atoms with Crippen molar-refractivity contribution >= 4 is 38.4 Å². The van der Waals surface area contributed by atoms with E-state index < -0.39 is 0 Å². The summed E-state index contributed by atoms with van der Waals surface area (Å²) in [5, 5.41) is 8.34. The second-order valence-electron chi connectivity index (χ2n) is 6.09. The fraction of sp³-hybridized carbons (Fsp3) is 0.0909. The zero-order chi connectivity index (χ0) is 14.5. The van der Waals surface area contributed by atoms with Crippen molar-refractivity contribution in [3.8, 4) is 0 Å². The highest BCUT2D eigenvalue weighted by molar-refractivity contribution is 6.26. The molecule has 0 nitrogen and oxygen atoms in total. The Bertz CT molecular complexity index is 1030. The molecule has 0 aliphatic heterocycles. The minimum Gasteiger partial charge on any atom is -0.0836 e. The molecule has 22 heavy (non-hydrogen) atoms. The quantitative estimate of drug-likeness (QED) is 0.341. The summed E-state index contributed by atoms with van der Waals surface area (Å²) in [7, 11) is 0. The van der Waals surface area contributed by atoms with Gasteiger partial charge in [0.25, 0.3) is 0 Å². The Balaban J connectivity index is 2.15. The summed E-state index contributed by atoms with van der Waals surface area (Å²) in [5.74, 6) is 0. The molecule has 0 heteroatoms. The van der Waals surface area contributed by atoms with Crippen molar-refractivity contribution in [3.05, 3.63) is 77.9 Å². The molecule has 0 aromatic heterocycles. The van der Waals surface area contributed by atoms with Gasteiger partial charge in [-0.2, -0.15) is 0 Å². The Hall–Kier alpha value is -2.60. The van der Waals surface area contributed by atoms with E-state index in [1.807, 2.05) is 0 Å². The molecule has 5 rings (SSSR count). The first-order valence-electron chi connectivity index (χ1n) is 7.95. The van der Waals surface area contributed by atoms with E-state index in [-0.39, 0.29) is 0 Å². The van der Waals surface area contributed by atoms with Crippen molar-refractivity contribution < 1.29 is 0 Å². The molecule has 104 valence electrons. The third-order valence-electron chi connectivity index (χ3n) is 4.91. The zero-order valence-corrected chi connectivity index (χ0v) is 12.3. The van der Waals surface area contributed by atoms with Gasteiger partial charge in [-0.25, -0.2) is 0 Å². The number of hydrogen-bond donors (Lipinski definition) is 0.